The molecular formula is C11H15NOS. The van der Waals surface area contributed by atoms with Crippen LogP contribution >= 0.6 is 11.3 Å². The number of hydrogen-bond acceptors (Lipinski definition) is 2. The van der Waals surface area contributed by atoms with Gasteiger partial charge in [-0.25, -0.2) is 0 Å². The lowest BCUT2D eigenvalue weighted by Crippen LogP contribution is -2.24. The quantitative estimate of drug-likeness (QED) is 0.762. The van der Waals surface area contributed by atoms with Crippen molar-refractivity contribution in [3.8, 4) is 0 Å². The molecule has 1 N–H and O–H groups in total. The van der Waals surface area contributed by atoms with Gasteiger partial charge in [0.2, 0.25) is 5.91 Å². The maximum atomic E-state index is 11.1. The minimum Gasteiger partial charge on any atom is -0.346 e. The Bertz CT molecular complexity index is 354. The Kier molecular flexibility index (Phi) is 3.47. The molecule has 1 aromatic heterocycles. The molecule has 0 saturated heterocycles. The van der Waals surface area contributed by atoms with Crippen LogP contribution in [0.4, 0.5) is 0 Å². The normalized spacial score (nSPS) is 12.2. The van der Waals surface area contributed by atoms with Crippen molar-refractivity contribution >= 4 is 17.2 Å². The number of nitrogens with one attached hydrogen (secondary N) is 1. The predicted molar refractivity (Wildman–Crippen MR) is 60.5 cm³/mol. The Morgan fingerprint density at radius 1 is 1.64 bits per heavy atom. The fraction of sp³-hybridized carbons (Fsp3) is 0.364. The summed E-state index contributed by atoms with van der Waals surface area (Å²) in [5.74, 6) is -0.124. The molecule has 1 atom stereocenters. The van der Waals surface area contributed by atoms with E-state index in [1.807, 2.05) is 6.92 Å². The van der Waals surface area contributed by atoms with Crippen LogP contribution in [-0.4, -0.2) is 5.91 Å². The van der Waals surface area contributed by atoms with Crippen LogP contribution in [0.25, 0.3) is 0 Å². The maximum absolute atomic E-state index is 11.1. The van der Waals surface area contributed by atoms with Gasteiger partial charge in [0.05, 0.1) is 6.04 Å². The molecule has 1 unspecified atom stereocenters. The van der Waals surface area contributed by atoms with Crippen molar-refractivity contribution in [2.45, 2.75) is 26.8 Å². The predicted octanol–water partition coefficient (Wildman–Crippen LogP) is 2.73. The molecule has 1 rings (SSSR count). The van der Waals surface area contributed by atoms with Crippen molar-refractivity contribution in [1.29, 1.82) is 0 Å². The molecule has 0 bridgehead atoms. The zero-order valence-electron chi connectivity index (χ0n) is 8.76. The van der Waals surface area contributed by atoms with Crippen molar-refractivity contribution < 1.29 is 4.79 Å². The number of carbonyl (C=O) groups excluding carboxylic acids is 1. The molecule has 0 radical (unpaired) electrons. The van der Waals surface area contributed by atoms with Gasteiger partial charge in [-0.15, -0.1) is 11.3 Å². The van der Waals surface area contributed by atoms with E-state index in [4.69, 9.17) is 0 Å². The number of thiophene rings is 1. The van der Waals surface area contributed by atoms with Gasteiger partial charge in [-0.1, -0.05) is 6.58 Å². The van der Waals surface area contributed by atoms with Crippen molar-refractivity contribution in [2.75, 3.05) is 0 Å². The number of carbonyl (C=O) groups is 1. The third kappa shape index (κ3) is 2.45. The lowest BCUT2D eigenvalue weighted by molar-refractivity contribution is -0.117. The Hall–Kier alpha value is -1.09. The van der Waals surface area contributed by atoms with Crippen molar-refractivity contribution in [1.82, 2.24) is 5.32 Å². The molecule has 1 aromatic rings. The molecule has 0 saturated carbocycles. The second-order valence-electron chi connectivity index (χ2n) is 3.30. The molecule has 1 heterocycles. The molecule has 0 aliphatic carbocycles. The van der Waals surface area contributed by atoms with Crippen LogP contribution in [0.2, 0.25) is 0 Å². The summed E-state index contributed by atoms with van der Waals surface area (Å²) < 4.78 is 0. The fourth-order valence-electron chi connectivity index (χ4n) is 1.43. The SMILES string of the molecule is C=CC(=O)NC(C)c1cc(C)sc1C. The van der Waals surface area contributed by atoms with Crippen LogP contribution in [0.5, 0.6) is 0 Å². The van der Waals surface area contributed by atoms with E-state index in [-0.39, 0.29) is 11.9 Å². The van der Waals surface area contributed by atoms with Crippen molar-refractivity contribution in [2.24, 2.45) is 0 Å². The Morgan fingerprint density at radius 2 is 2.29 bits per heavy atom. The van der Waals surface area contributed by atoms with E-state index < -0.39 is 0 Å². The monoisotopic (exact) mass is 209 g/mol. The smallest absolute Gasteiger partial charge is 0.243 e. The van der Waals surface area contributed by atoms with Crippen LogP contribution in [0.1, 0.15) is 28.3 Å². The van der Waals surface area contributed by atoms with Gasteiger partial charge in [0.15, 0.2) is 0 Å². The number of amides is 1. The van der Waals surface area contributed by atoms with Crippen LogP contribution < -0.4 is 5.32 Å². The number of hydrogen-bond donors (Lipinski definition) is 1. The molecular weight excluding hydrogens is 194 g/mol. The molecule has 1 amide bonds. The van der Waals surface area contributed by atoms with Crippen molar-refractivity contribution in [3.63, 3.8) is 0 Å². The molecule has 0 spiro atoms. The van der Waals surface area contributed by atoms with Crippen LogP contribution in [0, 0.1) is 13.8 Å². The maximum Gasteiger partial charge on any atom is 0.243 e. The minimum absolute atomic E-state index is 0.0606. The third-order valence-electron chi connectivity index (χ3n) is 2.09. The zero-order chi connectivity index (χ0) is 10.7. The molecule has 2 nitrogen and oxygen atoms in total. The molecule has 0 aliphatic heterocycles. The highest BCUT2D eigenvalue weighted by atomic mass is 32.1. The van der Waals surface area contributed by atoms with Gasteiger partial charge in [0.1, 0.15) is 0 Å². The third-order valence-corrected chi connectivity index (χ3v) is 3.07. The van der Waals surface area contributed by atoms with Crippen LogP contribution in [-0.2, 0) is 4.79 Å². The Morgan fingerprint density at radius 3 is 2.71 bits per heavy atom. The molecule has 3 heteroatoms. The molecule has 76 valence electrons. The van der Waals surface area contributed by atoms with E-state index in [0.29, 0.717) is 0 Å². The van der Waals surface area contributed by atoms with Crippen LogP contribution in [0.3, 0.4) is 0 Å². The summed E-state index contributed by atoms with van der Waals surface area (Å²) in [5, 5.41) is 2.85. The van der Waals surface area contributed by atoms with Gasteiger partial charge in [-0.2, -0.15) is 0 Å². The first-order valence-corrected chi connectivity index (χ1v) is 5.36. The Balaban J connectivity index is 2.78. The van der Waals surface area contributed by atoms with Gasteiger partial charge in [0.25, 0.3) is 0 Å². The van der Waals surface area contributed by atoms with E-state index >= 15 is 0 Å². The average molecular weight is 209 g/mol. The summed E-state index contributed by atoms with van der Waals surface area (Å²) in [6.07, 6.45) is 1.30. The van der Waals surface area contributed by atoms with E-state index in [0.717, 1.165) is 0 Å². The van der Waals surface area contributed by atoms with Gasteiger partial charge >= 0.3 is 0 Å². The summed E-state index contributed by atoms with van der Waals surface area (Å²) >= 11 is 1.76. The summed E-state index contributed by atoms with van der Waals surface area (Å²) in [6.45, 7) is 9.55. The zero-order valence-corrected chi connectivity index (χ0v) is 9.57. The molecule has 14 heavy (non-hydrogen) atoms. The topological polar surface area (TPSA) is 29.1 Å². The lowest BCUT2D eigenvalue weighted by Gasteiger charge is -2.11. The highest BCUT2D eigenvalue weighted by Gasteiger charge is 2.11. The lowest BCUT2D eigenvalue weighted by atomic mass is 10.1. The molecule has 0 aliphatic rings. The first-order chi connectivity index (χ1) is 6.54. The standard InChI is InChI=1S/C11H15NOS/c1-5-11(13)12-8(3)10-6-7(2)14-9(10)4/h5-6,8H,1H2,2-4H3,(H,12,13). The highest BCUT2D eigenvalue weighted by Crippen LogP contribution is 2.25. The van der Waals surface area contributed by atoms with Gasteiger partial charge in [-0.05, 0) is 38.5 Å². The van der Waals surface area contributed by atoms with Crippen LogP contribution in [0.15, 0.2) is 18.7 Å². The van der Waals surface area contributed by atoms with E-state index in [1.54, 1.807) is 11.3 Å². The Labute approximate surface area is 88.6 Å². The fourth-order valence-corrected chi connectivity index (χ4v) is 2.45. The first kappa shape index (κ1) is 11.0. The summed E-state index contributed by atoms with van der Waals surface area (Å²) in [4.78, 5) is 13.6. The van der Waals surface area contributed by atoms with Gasteiger partial charge < -0.3 is 5.32 Å². The van der Waals surface area contributed by atoms with Crippen molar-refractivity contribution in [3.05, 3.63) is 34.0 Å². The summed E-state index contributed by atoms with van der Waals surface area (Å²) in [7, 11) is 0. The number of aryl methyl sites for hydroxylation is 2. The summed E-state index contributed by atoms with van der Waals surface area (Å²) in [6, 6.07) is 2.18. The van der Waals surface area contributed by atoms with Gasteiger partial charge in [-0.3, -0.25) is 4.79 Å². The highest BCUT2D eigenvalue weighted by molar-refractivity contribution is 7.12. The first-order valence-electron chi connectivity index (χ1n) is 4.54. The summed E-state index contributed by atoms with van der Waals surface area (Å²) in [5.41, 5.74) is 1.20. The molecule has 0 fully saturated rings. The minimum atomic E-state index is -0.124. The van der Waals surface area contributed by atoms with E-state index in [9.17, 15) is 4.79 Å². The van der Waals surface area contributed by atoms with Gasteiger partial charge in [0, 0.05) is 9.75 Å². The second kappa shape index (κ2) is 4.42. The average Bonchev–Trinajstić information content (AvgIpc) is 2.45. The number of rotatable bonds is 3. The van der Waals surface area contributed by atoms with E-state index in [1.165, 1.54) is 21.4 Å². The second-order valence-corrected chi connectivity index (χ2v) is 4.76. The largest absolute Gasteiger partial charge is 0.346 e. The molecule has 0 aromatic carbocycles. The van der Waals surface area contributed by atoms with E-state index in [2.05, 4.69) is 31.8 Å².